The van der Waals surface area contributed by atoms with Crippen molar-refractivity contribution in [2.75, 3.05) is 27.7 Å². The van der Waals surface area contributed by atoms with Crippen LogP contribution in [0.25, 0.3) is 5.52 Å². The molecule has 0 unspecified atom stereocenters. The zero-order chi connectivity index (χ0) is 11.5. The summed E-state index contributed by atoms with van der Waals surface area (Å²) in [6.07, 6.45) is 4.81. The number of hydrogen-bond donors (Lipinski definition) is 0. The molecule has 0 aromatic carbocycles. The highest BCUT2D eigenvalue weighted by Gasteiger charge is 2.04. The Morgan fingerprint density at radius 3 is 2.61 bits per heavy atom. The first-order chi connectivity index (χ1) is 7.70. The molecule has 0 radical (unpaired) electrons. The molecule has 18 heavy (non-hydrogen) atoms. The number of halogens is 2. The maximum absolute atomic E-state index is 5.21. The van der Waals surface area contributed by atoms with Crippen molar-refractivity contribution in [2.45, 2.75) is 6.42 Å². The van der Waals surface area contributed by atoms with Crippen molar-refractivity contribution >= 4 is 30.3 Å². The van der Waals surface area contributed by atoms with E-state index in [1.807, 2.05) is 24.5 Å². The Morgan fingerprint density at radius 1 is 1.28 bits per heavy atom. The smallest absolute Gasteiger partial charge is 0.135 e. The van der Waals surface area contributed by atoms with Gasteiger partial charge in [0.1, 0.15) is 11.6 Å². The molecular weight excluding hydrogens is 273 g/mol. The molecular formula is C12H19Cl2N3O. The normalized spacial score (nSPS) is 10.0. The van der Waals surface area contributed by atoms with Gasteiger partial charge in [-0.3, -0.25) is 4.40 Å². The van der Waals surface area contributed by atoms with Gasteiger partial charge in [-0.25, -0.2) is 4.98 Å². The summed E-state index contributed by atoms with van der Waals surface area (Å²) in [7, 11) is 5.81. The lowest BCUT2D eigenvalue weighted by Gasteiger charge is -2.08. The average Bonchev–Trinajstić information content (AvgIpc) is 2.68. The first-order valence-corrected chi connectivity index (χ1v) is 5.35. The van der Waals surface area contributed by atoms with Crippen LogP contribution in [-0.2, 0) is 6.42 Å². The third kappa shape index (κ3) is 3.77. The number of likely N-dealkylation sites (N-methyl/N-ethyl adjacent to an activating group) is 1. The second-order valence-corrected chi connectivity index (χ2v) is 4.09. The Morgan fingerprint density at radius 2 is 2.00 bits per heavy atom. The second kappa shape index (κ2) is 7.46. The first kappa shape index (κ1) is 17.0. The maximum Gasteiger partial charge on any atom is 0.135 e. The lowest BCUT2D eigenvalue weighted by molar-refractivity contribution is 0.406. The monoisotopic (exact) mass is 291 g/mol. The van der Waals surface area contributed by atoms with Crippen molar-refractivity contribution < 1.29 is 4.74 Å². The molecule has 0 saturated heterocycles. The Hall–Kier alpha value is -0.970. The zero-order valence-electron chi connectivity index (χ0n) is 10.8. The summed E-state index contributed by atoms with van der Waals surface area (Å²) in [5.74, 6) is 1.93. The van der Waals surface area contributed by atoms with Crippen LogP contribution in [0, 0.1) is 0 Å². The summed E-state index contributed by atoms with van der Waals surface area (Å²) >= 11 is 0. The molecule has 4 nitrogen and oxygen atoms in total. The zero-order valence-corrected chi connectivity index (χ0v) is 12.4. The van der Waals surface area contributed by atoms with Gasteiger partial charge in [-0.1, -0.05) is 0 Å². The summed E-state index contributed by atoms with van der Waals surface area (Å²) < 4.78 is 7.30. The minimum atomic E-state index is 0. The Kier molecular flexibility index (Phi) is 7.06. The Labute approximate surface area is 120 Å². The molecule has 0 aliphatic heterocycles. The van der Waals surface area contributed by atoms with E-state index in [1.54, 1.807) is 7.11 Å². The quantitative estimate of drug-likeness (QED) is 0.866. The van der Waals surface area contributed by atoms with Crippen LogP contribution >= 0.6 is 24.8 Å². The van der Waals surface area contributed by atoms with Crippen LogP contribution in [0.2, 0.25) is 0 Å². The number of fused-ring (bicyclic) bond motifs is 1. The first-order valence-electron chi connectivity index (χ1n) is 5.35. The topological polar surface area (TPSA) is 29.8 Å². The molecule has 0 N–H and O–H groups in total. The van der Waals surface area contributed by atoms with Crippen molar-refractivity contribution in [2.24, 2.45) is 0 Å². The van der Waals surface area contributed by atoms with E-state index < -0.39 is 0 Å². The summed E-state index contributed by atoms with van der Waals surface area (Å²) in [5.41, 5.74) is 1.11. The molecule has 0 aliphatic rings. The minimum absolute atomic E-state index is 0. The van der Waals surface area contributed by atoms with Gasteiger partial charge >= 0.3 is 0 Å². The highest BCUT2D eigenvalue weighted by atomic mass is 35.5. The minimum Gasteiger partial charge on any atom is -0.495 e. The number of aromatic nitrogens is 2. The van der Waals surface area contributed by atoms with Gasteiger partial charge in [-0.15, -0.1) is 24.8 Å². The molecule has 2 heterocycles. The van der Waals surface area contributed by atoms with E-state index >= 15 is 0 Å². The molecule has 2 aromatic heterocycles. The number of methoxy groups -OCH3 is 1. The second-order valence-electron chi connectivity index (χ2n) is 4.09. The highest BCUT2D eigenvalue weighted by molar-refractivity contribution is 5.85. The number of hydrogen-bond acceptors (Lipinski definition) is 3. The van der Waals surface area contributed by atoms with Crippen molar-refractivity contribution in [1.29, 1.82) is 0 Å². The summed E-state index contributed by atoms with van der Waals surface area (Å²) in [6.45, 7) is 0.996. The van der Waals surface area contributed by atoms with E-state index in [0.29, 0.717) is 0 Å². The van der Waals surface area contributed by atoms with Crippen molar-refractivity contribution in [3.8, 4) is 5.75 Å². The molecule has 6 heteroatoms. The largest absolute Gasteiger partial charge is 0.495 e. The van der Waals surface area contributed by atoms with Crippen LogP contribution < -0.4 is 4.74 Å². The van der Waals surface area contributed by atoms with Crippen LogP contribution in [0.3, 0.4) is 0 Å². The number of rotatable bonds is 4. The standard InChI is InChI=1S/C12H17N3O.2ClH/c1-14(2)7-6-12-13-8-10-4-5-11(16-3)9-15(10)12;;/h4-5,8-9H,6-7H2,1-3H3;2*1H. The van der Waals surface area contributed by atoms with E-state index in [1.165, 1.54) is 0 Å². The predicted molar refractivity (Wildman–Crippen MR) is 78.5 cm³/mol. The fourth-order valence-electron chi connectivity index (χ4n) is 1.65. The average molecular weight is 292 g/mol. The highest BCUT2D eigenvalue weighted by Crippen LogP contribution is 2.14. The molecule has 0 bridgehead atoms. The van der Waals surface area contributed by atoms with Crippen LogP contribution in [0.5, 0.6) is 5.75 Å². The molecule has 0 aliphatic carbocycles. The number of ether oxygens (including phenoxy) is 1. The Balaban J connectivity index is 0.00000144. The fourth-order valence-corrected chi connectivity index (χ4v) is 1.65. The third-order valence-corrected chi connectivity index (χ3v) is 2.60. The number of pyridine rings is 1. The van der Waals surface area contributed by atoms with Gasteiger partial charge in [0.05, 0.1) is 25.0 Å². The van der Waals surface area contributed by atoms with Gasteiger partial charge in [-0.2, -0.15) is 0 Å². The van der Waals surface area contributed by atoms with E-state index in [-0.39, 0.29) is 24.8 Å². The number of nitrogens with zero attached hydrogens (tertiary/aromatic N) is 3. The van der Waals surface area contributed by atoms with Gasteiger partial charge in [0, 0.05) is 13.0 Å². The molecule has 0 amide bonds. The van der Waals surface area contributed by atoms with Crippen molar-refractivity contribution in [3.63, 3.8) is 0 Å². The molecule has 0 saturated carbocycles. The molecule has 0 fully saturated rings. The van der Waals surface area contributed by atoms with E-state index in [9.17, 15) is 0 Å². The summed E-state index contributed by atoms with van der Waals surface area (Å²) in [4.78, 5) is 6.58. The van der Waals surface area contributed by atoms with Crippen LogP contribution in [0.4, 0.5) is 0 Å². The molecule has 102 valence electrons. The molecule has 0 atom stereocenters. The molecule has 0 spiro atoms. The predicted octanol–water partition coefficient (Wildman–Crippen LogP) is 2.29. The molecule has 2 rings (SSSR count). The van der Waals surface area contributed by atoms with Crippen LogP contribution in [0.15, 0.2) is 24.5 Å². The molecule has 2 aromatic rings. The van der Waals surface area contributed by atoms with Crippen LogP contribution in [-0.4, -0.2) is 42.0 Å². The van der Waals surface area contributed by atoms with Gasteiger partial charge < -0.3 is 9.64 Å². The van der Waals surface area contributed by atoms with E-state index in [2.05, 4.69) is 28.4 Å². The van der Waals surface area contributed by atoms with Gasteiger partial charge in [-0.05, 0) is 26.2 Å². The lowest BCUT2D eigenvalue weighted by atomic mass is 10.3. The SMILES string of the molecule is COc1ccc2cnc(CCN(C)C)n2c1.Cl.Cl. The van der Waals surface area contributed by atoms with Crippen LogP contribution in [0.1, 0.15) is 5.82 Å². The summed E-state index contributed by atoms with van der Waals surface area (Å²) in [5, 5.41) is 0. The van der Waals surface area contributed by atoms with Crippen molar-refractivity contribution in [1.82, 2.24) is 14.3 Å². The third-order valence-electron chi connectivity index (χ3n) is 2.60. The number of imidazole rings is 1. The Bertz CT molecular complexity index is 485. The fraction of sp³-hybridized carbons (Fsp3) is 0.417. The van der Waals surface area contributed by atoms with Crippen molar-refractivity contribution in [3.05, 3.63) is 30.4 Å². The van der Waals surface area contributed by atoms with Gasteiger partial charge in [0.2, 0.25) is 0 Å². The lowest BCUT2D eigenvalue weighted by Crippen LogP contribution is -2.16. The maximum atomic E-state index is 5.21. The van der Waals surface area contributed by atoms with E-state index in [0.717, 1.165) is 30.1 Å². The summed E-state index contributed by atoms with van der Waals surface area (Å²) in [6, 6.07) is 3.97. The van der Waals surface area contributed by atoms with E-state index in [4.69, 9.17) is 4.74 Å². The van der Waals surface area contributed by atoms with Gasteiger partial charge in [0.25, 0.3) is 0 Å². The van der Waals surface area contributed by atoms with Gasteiger partial charge in [0.15, 0.2) is 0 Å².